The van der Waals surface area contributed by atoms with Gasteiger partial charge in [0.2, 0.25) is 0 Å². The molecule has 0 saturated heterocycles. The fraction of sp³-hybridized carbons (Fsp3) is 0.300. The van der Waals surface area contributed by atoms with Gasteiger partial charge in [-0.2, -0.15) is 5.10 Å². The summed E-state index contributed by atoms with van der Waals surface area (Å²) in [7, 11) is 3.57. The van der Waals surface area contributed by atoms with Crippen LogP contribution in [0.15, 0.2) is 5.10 Å². The van der Waals surface area contributed by atoms with E-state index >= 15 is 0 Å². The number of aromatic nitrogens is 2. The van der Waals surface area contributed by atoms with Crippen LogP contribution in [-0.2, 0) is 7.05 Å². The highest BCUT2D eigenvalue weighted by Crippen LogP contribution is 2.27. The zero-order valence-corrected chi connectivity index (χ0v) is 10.1. The Hall–Kier alpha value is -1.69. The van der Waals surface area contributed by atoms with Crippen molar-refractivity contribution in [2.75, 3.05) is 7.05 Å². The first kappa shape index (κ1) is 10.8. The van der Waals surface area contributed by atoms with E-state index in [4.69, 9.17) is 0 Å². The van der Waals surface area contributed by atoms with Gasteiger partial charge in [0, 0.05) is 14.1 Å². The second-order valence-corrected chi connectivity index (χ2v) is 4.53. The molecule has 2 heterocycles. The number of fused-ring (bicyclic) bond motifs is 1. The predicted octanol–water partition coefficient (Wildman–Crippen LogP) is 1.31. The van der Waals surface area contributed by atoms with Gasteiger partial charge in [0.25, 0.3) is 0 Å². The van der Waals surface area contributed by atoms with Gasteiger partial charge in [-0.1, -0.05) is 0 Å². The first-order chi connectivity index (χ1) is 7.69. The van der Waals surface area contributed by atoms with Crippen molar-refractivity contribution in [3.05, 3.63) is 16.3 Å². The minimum absolute atomic E-state index is 0.604. The summed E-state index contributed by atoms with van der Waals surface area (Å²) < 4.78 is 1.85. The number of carbonyl (C=O) groups excluding carboxylic acids is 1. The molecule has 0 radical (unpaired) electrons. The number of rotatable bonds is 3. The van der Waals surface area contributed by atoms with Crippen LogP contribution in [0.5, 0.6) is 0 Å². The number of hydrogen-bond donors (Lipinski definition) is 1. The lowest BCUT2D eigenvalue weighted by Gasteiger charge is -1.95. The van der Waals surface area contributed by atoms with Crippen molar-refractivity contribution in [2.45, 2.75) is 6.92 Å². The van der Waals surface area contributed by atoms with Gasteiger partial charge < -0.3 is 9.99 Å². The number of hydrogen-bond acceptors (Lipinski definition) is 5. The highest BCUT2D eigenvalue weighted by Gasteiger charge is 2.16. The molecule has 0 fully saturated rings. The van der Waals surface area contributed by atoms with Gasteiger partial charge in [-0.25, -0.2) is 4.98 Å². The zero-order chi connectivity index (χ0) is 11.7. The van der Waals surface area contributed by atoms with Crippen molar-refractivity contribution in [3.8, 4) is 0 Å². The minimum atomic E-state index is 0.604. The van der Waals surface area contributed by atoms with Gasteiger partial charge in [-0.3, -0.25) is 4.79 Å². The number of aryl methyl sites for hydroxylation is 2. The Kier molecular flexibility index (Phi) is 2.74. The highest BCUT2D eigenvalue weighted by atomic mass is 32.1. The Balaban J connectivity index is 2.75. The van der Waals surface area contributed by atoms with Crippen LogP contribution >= 0.6 is 11.3 Å². The summed E-state index contributed by atoms with van der Waals surface area (Å²) in [5.41, 5.74) is 4.88. The van der Waals surface area contributed by atoms with Crippen molar-refractivity contribution in [3.63, 3.8) is 0 Å². The molecule has 0 atom stereocenters. The van der Waals surface area contributed by atoms with Crippen LogP contribution in [0.3, 0.4) is 0 Å². The van der Waals surface area contributed by atoms with E-state index in [0.29, 0.717) is 5.69 Å². The second kappa shape index (κ2) is 4.05. The lowest BCUT2D eigenvalue weighted by atomic mass is 10.2. The van der Waals surface area contributed by atoms with E-state index in [9.17, 15) is 4.79 Å². The van der Waals surface area contributed by atoms with Crippen LogP contribution in [-0.4, -0.2) is 29.1 Å². The lowest BCUT2D eigenvalue weighted by Crippen LogP contribution is -1.99. The minimum Gasteiger partial charge on any atom is -0.331 e. The zero-order valence-electron chi connectivity index (χ0n) is 9.31. The average Bonchev–Trinajstić information content (AvgIpc) is 2.74. The molecule has 0 saturated carbocycles. The molecule has 84 valence electrons. The predicted molar refractivity (Wildman–Crippen MR) is 65.4 cm³/mol. The Morgan fingerprint density at radius 1 is 1.56 bits per heavy atom. The summed E-state index contributed by atoms with van der Waals surface area (Å²) in [6.45, 7) is 1.95. The van der Waals surface area contributed by atoms with Crippen LogP contribution in [0.1, 0.15) is 21.1 Å². The number of nitrogens with zero attached hydrogens (tertiary/aromatic N) is 3. The smallest absolute Gasteiger partial charge is 0.167 e. The molecular formula is C10H12N4OS. The molecule has 0 aliphatic rings. The van der Waals surface area contributed by atoms with E-state index in [1.54, 1.807) is 24.6 Å². The Labute approximate surface area is 96.8 Å². The van der Waals surface area contributed by atoms with E-state index in [1.165, 1.54) is 0 Å². The molecule has 2 aromatic rings. The largest absolute Gasteiger partial charge is 0.331 e. The van der Waals surface area contributed by atoms with E-state index in [-0.39, 0.29) is 0 Å². The first-order valence-electron chi connectivity index (χ1n) is 4.79. The second-order valence-electron chi connectivity index (χ2n) is 3.34. The van der Waals surface area contributed by atoms with Crippen LogP contribution < -0.4 is 5.43 Å². The van der Waals surface area contributed by atoms with Crippen LogP contribution in [0.25, 0.3) is 10.3 Å². The quantitative estimate of drug-likeness (QED) is 0.496. The van der Waals surface area contributed by atoms with Crippen molar-refractivity contribution in [1.82, 2.24) is 15.0 Å². The van der Waals surface area contributed by atoms with Crippen LogP contribution in [0.4, 0.5) is 0 Å². The molecule has 0 amide bonds. The van der Waals surface area contributed by atoms with Gasteiger partial charge in [-0.15, -0.1) is 11.3 Å². The third kappa shape index (κ3) is 1.51. The summed E-state index contributed by atoms with van der Waals surface area (Å²) in [5.74, 6) is 0. The van der Waals surface area contributed by atoms with E-state index in [0.717, 1.165) is 27.2 Å². The van der Waals surface area contributed by atoms with Crippen molar-refractivity contribution < 1.29 is 4.79 Å². The summed E-state index contributed by atoms with van der Waals surface area (Å²) in [4.78, 5) is 16.5. The standard InChI is InChI=1S/C10H12N4OS/c1-6-13-9-7(4-12-11-2)8(5-15)14(3)10(9)16-6/h4-5,11H,1-3H3/b12-4-. The SMILES string of the molecule is CN/N=C\c1c(C=O)n(C)c2sc(C)nc12. The third-order valence-corrected chi connectivity index (χ3v) is 3.39. The number of carbonyl (C=O) groups is 1. The Bertz CT molecular complexity index is 567. The first-order valence-corrected chi connectivity index (χ1v) is 5.61. The van der Waals surface area contributed by atoms with Crippen molar-refractivity contribution in [2.24, 2.45) is 12.1 Å². The molecule has 0 aliphatic carbocycles. The molecule has 0 aliphatic heterocycles. The van der Waals surface area contributed by atoms with Gasteiger partial charge >= 0.3 is 0 Å². The van der Waals surface area contributed by atoms with Crippen LogP contribution in [0.2, 0.25) is 0 Å². The summed E-state index contributed by atoms with van der Waals surface area (Å²) in [5, 5.41) is 4.92. The summed E-state index contributed by atoms with van der Waals surface area (Å²) >= 11 is 1.57. The van der Waals surface area contributed by atoms with E-state index < -0.39 is 0 Å². The molecule has 16 heavy (non-hydrogen) atoms. The maximum Gasteiger partial charge on any atom is 0.167 e. The maximum atomic E-state index is 11.0. The van der Waals surface area contributed by atoms with Gasteiger partial charge in [-0.05, 0) is 6.92 Å². The van der Waals surface area contributed by atoms with E-state index in [2.05, 4.69) is 15.5 Å². The highest BCUT2D eigenvalue weighted by molar-refractivity contribution is 7.18. The third-order valence-electron chi connectivity index (χ3n) is 2.35. The average molecular weight is 236 g/mol. The Morgan fingerprint density at radius 3 is 2.94 bits per heavy atom. The molecule has 0 unspecified atom stereocenters. The number of aldehydes is 1. The number of thiazole rings is 1. The normalized spacial score (nSPS) is 11.4. The van der Waals surface area contributed by atoms with Crippen molar-refractivity contribution >= 4 is 34.2 Å². The topological polar surface area (TPSA) is 59.3 Å². The lowest BCUT2D eigenvalue weighted by molar-refractivity contribution is 0.111. The molecule has 0 spiro atoms. The van der Waals surface area contributed by atoms with Gasteiger partial charge in [0.1, 0.15) is 10.3 Å². The van der Waals surface area contributed by atoms with E-state index in [1.807, 2.05) is 18.5 Å². The monoisotopic (exact) mass is 236 g/mol. The molecule has 0 bridgehead atoms. The molecule has 0 aromatic carbocycles. The summed E-state index contributed by atoms with van der Waals surface area (Å²) in [6.07, 6.45) is 2.46. The fourth-order valence-electron chi connectivity index (χ4n) is 1.63. The maximum absolute atomic E-state index is 11.0. The Morgan fingerprint density at radius 2 is 2.31 bits per heavy atom. The van der Waals surface area contributed by atoms with Crippen molar-refractivity contribution in [1.29, 1.82) is 0 Å². The summed E-state index contributed by atoms with van der Waals surface area (Å²) in [6, 6.07) is 0. The van der Waals surface area contributed by atoms with Gasteiger partial charge in [0.15, 0.2) is 6.29 Å². The molecule has 2 rings (SSSR count). The van der Waals surface area contributed by atoms with Crippen LogP contribution in [0, 0.1) is 6.92 Å². The number of hydrazone groups is 1. The molecule has 5 nitrogen and oxygen atoms in total. The van der Waals surface area contributed by atoms with Gasteiger partial charge in [0.05, 0.1) is 22.5 Å². The molecule has 6 heteroatoms. The molecular weight excluding hydrogens is 224 g/mol. The molecule has 1 N–H and O–H groups in total. The number of nitrogens with one attached hydrogen (secondary N) is 1. The fourth-order valence-corrected chi connectivity index (χ4v) is 2.53. The molecule has 2 aromatic heterocycles.